The van der Waals surface area contributed by atoms with Crippen molar-refractivity contribution < 1.29 is 0 Å². The topological polar surface area (TPSA) is 38.0 Å². The van der Waals surface area contributed by atoms with Gasteiger partial charge in [-0.2, -0.15) is 0 Å². The zero-order valence-corrected chi connectivity index (χ0v) is 6.34. The largest absolute Gasteiger partial charge is 0.271 e. The normalized spacial score (nSPS) is 21.7. The van der Waals surface area contributed by atoms with E-state index in [1.54, 1.807) is 0 Å². The molecule has 58 valence electrons. The SMILES string of the molecule is C=CCC(NN)C1CCC1. The Morgan fingerprint density at radius 1 is 1.70 bits per heavy atom. The number of hydrogen-bond acceptors (Lipinski definition) is 2. The molecule has 0 saturated heterocycles. The van der Waals surface area contributed by atoms with Gasteiger partial charge in [0.2, 0.25) is 0 Å². The summed E-state index contributed by atoms with van der Waals surface area (Å²) in [5.74, 6) is 6.18. The lowest BCUT2D eigenvalue weighted by atomic mass is 9.79. The van der Waals surface area contributed by atoms with E-state index in [1.807, 2.05) is 6.08 Å². The van der Waals surface area contributed by atoms with Gasteiger partial charge in [0.15, 0.2) is 0 Å². The van der Waals surface area contributed by atoms with Crippen LogP contribution in [0.5, 0.6) is 0 Å². The minimum Gasteiger partial charge on any atom is -0.271 e. The van der Waals surface area contributed by atoms with Gasteiger partial charge in [0.25, 0.3) is 0 Å². The lowest BCUT2D eigenvalue weighted by Gasteiger charge is -2.32. The zero-order chi connectivity index (χ0) is 7.40. The zero-order valence-electron chi connectivity index (χ0n) is 6.34. The molecule has 3 N–H and O–H groups in total. The number of rotatable bonds is 4. The van der Waals surface area contributed by atoms with E-state index in [0.29, 0.717) is 6.04 Å². The van der Waals surface area contributed by atoms with E-state index in [2.05, 4.69) is 12.0 Å². The summed E-state index contributed by atoms with van der Waals surface area (Å²) in [5, 5.41) is 0. The van der Waals surface area contributed by atoms with Crippen molar-refractivity contribution in [2.75, 3.05) is 0 Å². The van der Waals surface area contributed by atoms with Gasteiger partial charge in [-0.05, 0) is 25.2 Å². The number of hydrazine groups is 1. The van der Waals surface area contributed by atoms with Crippen LogP contribution in [0.2, 0.25) is 0 Å². The minimum absolute atomic E-state index is 0.478. The Labute approximate surface area is 62.5 Å². The van der Waals surface area contributed by atoms with E-state index in [9.17, 15) is 0 Å². The Balaban J connectivity index is 2.23. The third kappa shape index (κ3) is 1.58. The maximum absolute atomic E-state index is 5.37. The molecule has 0 aromatic carbocycles. The maximum Gasteiger partial charge on any atom is 0.0273 e. The van der Waals surface area contributed by atoms with Gasteiger partial charge in [-0.3, -0.25) is 11.3 Å². The average molecular weight is 140 g/mol. The molecule has 1 saturated carbocycles. The first-order chi connectivity index (χ1) is 4.88. The summed E-state index contributed by atoms with van der Waals surface area (Å²) in [6.07, 6.45) is 6.98. The lowest BCUT2D eigenvalue weighted by Crippen LogP contribution is -2.43. The van der Waals surface area contributed by atoms with E-state index < -0.39 is 0 Å². The summed E-state index contributed by atoms with van der Waals surface area (Å²) in [5.41, 5.74) is 2.83. The van der Waals surface area contributed by atoms with Crippen LogP contribution in [0.1, 0.15) is 25.7 Å². The van der Waals surface area contributed by atoms with Gasteiger partial charge in [0, 0.05) is 6.04 Å². The standard InChI is InChI=1S/C8H16N2/c1-2-4-8(10-9)7-5-3-6-7/h2,7-8,10H,1,3-6,9H2. The Bertz CT molecular complexity index is 108. The fraction of sp³-hybridized carbons (Fsp3) is 0.750. The highest BCUT2D eigenvalue weighted by Gasteiger charge is 2.24. The van der Waals surface area contributed by atoms with E-state index >= 15 is 0 Å². The molecule has 1 atom stereocenters. The molecule has 0 amide bonds. The second-order valence-corrected chi connectivity index (χ2v) is 2.99. The lowest BCUT2D eigenvalue weighted by molar-refractivity contribution is 0.231. The molecule has 0 aliphatic heterocycles. The van der Waals surface area contributed by atoms with Gasteiger partial charge in [-0.15, -0.1) is 6.58 Å². The highest BCUT2D eigenvalue weighted by Crippen LogP contribution is 2.30. The van der Waals surface area contributed by atoms with Gasteiger partial charge in [0.1, 0.15) is 0 Å². The molecule has 2 nitrogen and oxygen atoms in total. The molecule has 0 bridgehead atoms. The van der Waals surface area contributed by atoms with Crippen molar-refractivity contribution in [2.24, 2.45) is 11.8 Å². The quantitative estimate of drug-likeness (QED) is 0.350. The molecule has 1 unspecified atom stereocenters. The predicted molar refractivity (Wildman–Crippen MR) is 43.3 cm³/mol. The van der Waals surface area contributed by atoms with Crippen LogP contribution in [-0.2, 0) is 0 Å². The third-order valence-corrected chi connectivity index (χ3v) is 2.35. The summed E-state index contributed by atoms with van der Waals surface area (Å²) in [6, 6.07) is 0.478. The van der Waals surface area contributed by atoms with E-state index in [4.69, 9.17) is 5.84 Å². The van der Waals surface area contributed by atoms with Crippen LogP contribution in [0, 0.1) is 5.92 Å². The van der Waals surface area contributed by atoms with E-state index in [-0.39, 0.29) is 0 Å². The van der Waals surface area contributed by atoms with Crippen molar-refractivity contribution in [3.8, 4) is 0 Å². The molecule has 0 aromatic rings. The van der Waals surface area contributed by atoms with Crippen molar-refractivity contribution >= 4 is 0 Å². The van der Waals surface area contributed by atoms with Crippen LogP contribution in [0.25, 0.3) is 0 Å². The van der Waals surface area contributed by atoms with Crippen LogP contribution in [-0.4, -0.2) is 6.04 Å². The molecule has 0 spiro atoms. The first-order valence-corrected chi connectivity index (χ1v) is 3.95. The second-order valence-electron chi connectivity index (χ2n) is 2.99. The third-order valence-electron chi connectivity index (χ3n) is 2.35. The first kappa shape index (κ1) is 7.76. The molecule has 0 aromatic heterocycles. The molecule has 2 heteroatoms. The molecule has 10 heavy (non-hydrogen) atoms. The Kier molecular flexibility index (Phi) is 2.90. The Hall–Kier alpha value is -0.340. The molecular weight excluding hydrogens is 124 g/mol. The van der Waals surface area contributed by atoms with Crippen molar-refractivity contribution in [3.05, 3.63) is 12.7 Å². The van der Waals surface area contributed by atoms with Crippen LogP contribution >= 0.6 is 0 Å². The highest BCUT2D eigenvalue weighted by molar-refractivity contribution is 4.86. The summed E-state index contributed by atoms with van der Waals surface area (Å²) in [6.45, 7) is 3.69. The number of hydrogen-bond donors (Lipinski definition) is 2. The smallest absolute Gasteiger partial charge is 0.0273 e. The molecule has 1 aliphatic carbocycles. The summed E-state index contributed by atoms with van der Waals surface area (Å²) < 4.78 is 0. The Morgan fingerprint density at radius 3 is 2.70 bits per heavy atom. The second kappa shape index (κ2) is 3.74. The molecule has 0 radical (unpaired) electrons. The Morgan fingerprint density at radius 2 is 2.40 bits per heavy atom. The fourth-order valence-corrected chi connectivity index (χ4v) is 1.42. The molecule has 0 heterocycles. The minimum atomic E-state index is 0.478. The fourth-order valence-electron chi connectivity index (χ4n) is 1.42. The highest BCUT2D eigenvalue weighted by atomic mass is 15.2. The number of nitrogens with one attached hydrogen (secondary N) is 1. The van der Waals surface area contributed by atoms with Crippen LogP contribution < -0.4 is 11.3 Å². The summed E-state index contributed by atoms with van der Waals surface area (Å²) in [7, 11) is 0. The van der Waals surface area contributed by atoms with Crippen molar-refractivity contribution in [1.82, 2.24) is 5.43 Å². The first-order valence-electron chi connectivity index (χ1n) is 3.95. The van der Waals surface area contributed by atoms with Gasteiger partial charge in [0.05, 0.1) is 0 Å². The molecule has 1 aliphatic rings. The van der Waals surface area contributed by atoms with Crippen LogP contribution in [0.15, 0.2) is 12.7 Å². The van der Waals surface area contributed by atoms with E-state index in [1.165, 1.54) is 19.3 Å². The molecule has 1 rings (SSSR count). The van der Waals surface area contributed by atoms with Crippen molar-refractivity contribution in [2.45, 2.75) is 31.7 Å². The monoisotopic (exact) mass is 140 g/mol. The van der Waals surface area contributed by atoms with Gasteiger partial charge in [-0.1, -0.05) is 12.5 Å². The van der Waals surface area contributed by atoms with E-state index in [0.717, 1.165) is 12.3 Å². The van der Waals surface area contributed by atoms with Gasteiger partial charge >= 0.3 is 0 Å². The molecular formula is C8H16N2. The maximum atomic E-state index is 5.37. The summed E-state index contributed by atoms with van der Waals surface area (Å²) in [4.78, 5) is 0. The van der Waals surface area contributed by atoms with Gasteiger partial charge < -0.3 is 0 Å². The molecule has 1 fully saturated rings. The average Bonchev–Trinajstić information content (AvgIpc) is 1.83. The summed E-state index contributed by atoms with van der Waals surface area (Å²) >= 11 is 0. The van der Waals surface area contributed by atoms with Gasteiger partial charge in [-0.25, -0.2) is 0 Å². The van der Waals surface area contributed by atoms with Crippen molar-refractivity contribution in [1.29, 1.82) is 0 Å². The van der Waals surface area contributed by atoms with Crippen LogP contribution in [0.3, 0.4) is 0 Å². The van der Waals surface area contributed by atoms with Crippen LogP contribution in [0.4, 0.5) is 0 Å². The van der Waals surface area contributed by atoms with Crippen molar-refractivity contribution in [3.63, 3.8) is 0 Å². The number of nitrogens with two attached hydrogens (primary N) is 1. The predicted octanol–water partition coefficient (Wildman–Crippen LogP) is 1.19.